The zero-order valence-electron chi connectivity index (χ0n) is 5.52. The minimum absolute atomic E-state index is 1.05. The molecule has 0 N–H and O–H groups in total. The van der Waals surface area contributed by atoms with Crippen molar-refractivity contribution in [1.29, 1.82) is 0 Å². The normalized spacial score (nSPS) is 20.5. The first-order valence-corrected chi connectivity index (χ1v) is 2.79. The van der Waals surface area contributed by atoms with E-state index in [2.05, 4.69) is 23.4 Å². The van der Waals surface area contributed by atoms with Gasteiger partial charge in [0.05, 0.1) is 13.3 Å². The smallest absolute Gasteiger partial charge is 0.0728 e. The zero-order chi connectivity index (χ0) is 6.15. The van der Waals surface area contributed by atoms with Gasteiger partial charge in [-0.2, -0.15) is 0 Å². The highest BCUT2D eigenvalue weighted by Gasteiger charge is 2.17. The highest BCUT2D eigenvalue weighted by atomic mass is 15.5. The fourth-order valence-corrected chi connectivity index (χ4v) is 0.783. The van der Waals surface area contributed by atoms with Gasteiger partial charge < -0.3 is 4.90 Å². The molecule has 1 aliphatic rings. The van der Waals surface area contributed by atoms with Crippen LogP contribution in [-0.4, -0.2) is 30.2 Å². The van der Waals surface area contributed by atoms with Crippen molar-refractivity contribution in [3.05, 3.63) is 12.3 Å². The molecular weight excluding hydrogens is 100 g/mol. The van der Waals surface area contributed by atoms with Crippen LogP contribution in [0, 0.1) is 0 Å². The maximum absolute atomic E-state index is 3.81. The van der Waals surface area contributed by atoms with E-state index in [1.165, 1.54) is 5.70 Å². The van der Waals surface area contributed by atoms with Gasteiger partial charge in [0.2, 0.25) is 0 Å². The molecule has 0 aliphatic carbocycles. The van der Waals surface area contributed by atoms with E-state index in [9.17, 15) is 0 Å². The molecule has 0 atom stereocenters. The maximum atomic E-state index is 3.81. The fourth-order valence-electron chi connectivity index (χ4n) is 0.783. The molecule has 46 valence electrons. The van der Waals surface area contributed by atoms with E-state index in [-0.39, 0.29) is 0 Å². The van der Waals surface area contributed by atoms with Crippen molar-refractivity contribution >= 4 is 0 Å². The highest BCUT2D eigenvalue weighted by molar-refractivity contribution is 4.91. The molecule has 0 aromatic carbocycles. The van der Waals surface area contributed by atoms with Gasteiger partial charge in [0.1, 0.15) is 0 Å². The van der Waals surface area contributed by atoms with Gasteiger partial charge in [-0.25, -0.2) is 0 Å². The second-order valence-corrected chi connectivity index (χ2v) is 2.41. The minimum atomic E-state index is 1.05. The van der Waals surface area contributed by atoms with Crippen LogP contribution in [0.5, 0.6) is 0 Å². The van der Waals surface area contributed by atoms with Crippen molar-refractivity contribution in [3.8, 4) is 0 Å². The van der Waals surface area contributed by atoms with E-state index < -0.39 is 0 Å². The number of hydrogen-bond acceptors (Lipinski definition) is 2. The van der Waals surface area contributed by atoms with Crippen LogP contribution in [0.3, 0.4) is 0 Å². The van der Waals surface area contributed by atoms with Gasteiger partial charge >= 0.3 is 0 Å². The molecule has 0 unspecified atom stereocenters. The number of hydrogen-bond donors (Lipinski definition) is 0. The third kappa shape index (κ3) is 0.842. The summed E-state index contributed by atoms with van der Waals surface area (Å²) in [4.78, 5) is 4.45. The van der Waals surface area contributed by atoms with Gasteiger partial charge in [-0.15, -0.1) is 0 Å². The fraction of sp³-hybridized carbons (Fsp3) is 0.667. The average Bonchev–Trinajstić information content (AvgIpc) is 1.57. The van der Waals surface area contributed by atoms with Crippen molar-refractivity contribution in [2.45, 2.75) is 6.92 Å². The molecule has 1 saturated heterocycles. The summed E-state index contributed by atoms with van der Waals surface area (Å²) in [6, 6.07) is 0. The van der Waals surface area contributed by atoms with Crippen LogP contribution >= 0.6 is 0 Å². The van der Waals surface area contributed by atoms with Crippen molar-refractivity contribution in [3.63, 3.8) is 0 Å². The Bertz CT molecular complexity index is 103. The summed E-state index contributed by atoms with van der Waals surface area (Å²) in [7, 11) is 2.10. The molecule has 0 saturated carbocycles. The van der Waals surface area contributed by atoms with Gasteiger partial charge in [0.15, 0.2) is 0 Å². The summed E-state index contributed by atoms with van der Waals surface area (Å²) >= 11 is 0. The second-order valence-electron chi connectivity index (χ2n) is 2.41. The molecule has 0 spiro atoms. The Morgan fingerprint density at radius 2 is 2.00 bits per heavy atom. The lowest BCUT2D eigenvalue weighted by molar-refractivity contribution is 0.0228. The van der Waals surface area contributed by atoms with Crippen LogP contribution < -0.4 is 0 Å². The summed E-state index contributed by atoms with van der Waals surface area (Å²) in [5, 5.41) is 0. The van der Waals surface area contributed by atoms with Gasteiger partial charge in [0.25, 0.3) is 0 Å². The maximum Gasteiger partial charge on any atom is 0.0728 e. The predicted molar refractivity (Wildman–Crippen MR) is 34.1 cm³/mol. The van der Waals surface area contributed by atoms with Crippen LogP contribution in [-0.2, 0) is 0 Å². The molecule has 2 nitrogen and oxygen atoms in total. The third-order valence-corrected chi connectivity index (χ3v) is 1.36. The standard InChI is InChI=1S/C6H12N2/c1-6(2)8-4-7(3)5-8/h1,4-5H2,2-3H3. The lowest BCUT2D eigenvalue weighted by atomic mass is 10.4. The van der Waals surface area contributed by atoms with E-state index in [1.807, 2.05) is 6.92 Å². The van der Waals surface area contributed by atoms with Gasteiger partial charge in [-0.1, -0.05) is 6.58 Å². The molecule has 0 aromatic rings. The number of allylic oxidation sites excluding steroid dienone is 1. The topological polar surface area (TPSA) is 6.48 Å². The van der Waals surface area contributed by atoms with E-state index >= 15 is 0 Å². The largest absolute Gasteiger partial charge is 0.350 e. The summed E-state index contributed by atoms with van der Waals surface area (Å²) in [6.07, 6.45) is 0. The van der Waals surface area contributed by atoms with Crippen molar-refractivity contribution in [1.82, 2.24) is 9.80 Å². The van der Waals surface area contributed by atoms with Crippen LogP contribution in [0.2, 0.25) is 0 Å². The van der Waals surface area contributed by atoms with E-state index in [0.717, 1.165) is 13.3 Å². The number of nitrogens with zero attached hydrogens (tertiary/aromatic N) is 2. The van der Waals surface area contributed by atoms with E-state index in [4.69, 9.17) is 0 Å². The Morgan fingerprint density at radius 1 is 1.50 bits per heavy atom. The summed E-state index contributed by atoms with van der Waals surface area (Å²) in [5.74, 6) is 0. The first kappa shape index (κ1) is 5.63. The zero-order valence-corrected chi connectivity index (χ0v) is 5.52. The monoisotopic (exact) mass is 112 g/mol. The van der Waals surface area contributed by atoms with Crippen LogP contribution in [0.15, 0.2) is 12.3 Å². The minimum Gasteiger partial charge on any atom is -0.350 e. The lowest BCUT2D eigenvalue weighted by Gasteiger charge is -2.41. The Morgan fingerprint density at radius 3 is 2.12 bits per heavy atom. The Hall–Kier alpha value is -0.500. The van der Waals surface area contributed by atoms with Crippen molar-refractivity contribution in [2.24, 2.45) is 0 Å². The van der Waals surface area contributed by atoms with Crippen LogP contribution in [0.1, 0.15) is 6.92 Å². The van der Waals surface area contributed by atoms with Gasteiger partial charge in [-0.05, 0) is 14.0 Å². The van der Waals surface area contributed by atoms with Gasteiger partial charge in [0, 0.05) is 5.70 Å². The van der Waals surface area contributed by atoms with Crippen molar-refractivity contribution in [2.75, 3.05) is 20.4 Å². The Labute approximate surface area is 50.4 Å². The molecule has 0 radical (unpaired) electrons. The molecule has 1 heterocycles. The molecular formula is C6H12N2. The second kappa shape index (κ2) is 1.78. The Kier molecular flexibility index (Phi) is 1.26. The third-order valence-electron chi connectivity index (χ3n) is 1.36. The molecule has 8 heavy (non-hydrogen) atoms. The van der Waals surface area contributed by atoms with Crippen molar-refractivity contribution < 1.29 is 0 Å². The molecule has 1 rings (SSSR count). The molecule has 0 amide bonds. The lowest BCUT2D eigenvalue weighted by Crippen LogP contribution is -2.51. The predicted octanol–water partition coefficient (Wildman–Crippen LogP) is 0.682. The quantitative estimate of drug-likeness (QED) is 0.492. The number of rotatable bonds is 1. The SMILES string of the molecule is C=C(C)N1CN(C)C1. The highest BCUT2D eigenvalue weighted by Crippen LogP contribution is 2.10. The summed E-state index contributed by atoms with van der Waals surface area (Å²) < 4.78 is 0. The first-order chi connectivity index (χ1) is 3.70. The average molecular weight is 112 g/mol. The van der Waals surface area contributed by atoms with E-state index in [0.29, 0.717) is 0 Å². The summed E-state index contributed by atoms with van der Waals surface area (Å²) in [5.41, 5.74) is 1.17. The molecule has 0 bridgehead atoms. The van der Waals surface area contributed by atoms with Crippen LogP contribution in [0.4, 0.5) is 0 Å². The molecule has 1 aliphatic heterocycles. The first-order valence-electron chi connectivity index (χ1n) is 2.79. The molecule has 1 fully saturated rings. The summed E-state index contributed by atoms with van der Waals surface area (Å²) in [6.45, 7) is 7.95. The molecule has 2 heteroatoms. The van der Waals surface area contributed by atoms with Crippen LogP contribution in [0.25, 0.3) is 0 Å². The molecule has 0 aromatic heterocycles. The van der Waals surface area contributed by atoms with E-state index in [1.54, 1.807) is 0 Å². The Balaban J connectivity index is 2.25. The van der Waals surface area contributed by atoms with Gasteiger partial charge in [-0.3, -0.25) is 4.90 Å².